The average molecular weight is 220 g/mol. The van der Waals surface area contributed by atoms with Crippen LogP contribution >= 0.6 is 0 Å². The maximum absolute atomic E-state index is 3.67. The molecule has 2 aromatic rings. The number of hydrogen-bond acceptors (Lipinski definition) is 4. The molecule has 0 spiro atoms. The monoisotopic (exact) mass is 220 g/mol. The minimum Gasteiger partial charge on any atom is -0.245 e. The third-order valence-electron chi connectivity index (χ3n) is 0.955. The maximum Gasteiger partial charge on any atom is 0.115 e. The highest BCUT2D eigenvalue weighted by atomic mass is 14.8. The Morgan fingerprint density at radius 3 is 0.812 bits per heavy atom. The molecule has 0 N–H and O–H groups in total. The molecule has 0 aliphatic carbocycles. The van der Waals surface area contributed by atoms with Crippen molar-refractivity contribution in [1.82, 2.24) is 19.9 Å². The van der Waals surface area contributed by atoms with Crippen LogP contribution in [0.4, 0.5) is 0 Å². The van der Waals surface area contributed by atoms with E-state index in [0.717, 1.165) is 0 Å². The lowest BCUT2D eigenvalue weighted by Gasteiger charge is -1.70. The molecule has 0 aliphatic heterocycles. The smallest absolute Gasteiger partial charge is 0.115 e. The first-order valence-electron chi connectivity index (χ1n) is 5.40. The second-order valence-corrected chi connectivity index (χ2v) is 1.81. The third-order valence-corrected chi connectivity index (χ3v) is 0.955. The van der Waals surface area contributed by atoms with Gasteiger partial charge in [0.1, 0.15) is 12.7 Å². The zero-order valence-electron chi connectivity index (χ0n) is 10.4. The highest BCUT2D eigenvalue weighted by molar-refractivity contribution is 4.74. The molecule has 0 unspecified atom stereocenters. The molecule has 2 aromatic heterocycles. The van der Waals surface area contributed by atoms with E-state index in [0.29, 0.717) is 0 Å². The molecular weight excluding hydrogens is 200 g/mol. The largest absolute Gasteiger partial charge is 0.245 e. The minimum atomic E-state index is 1.50. The van der Waals surface area contributed by atoms with E-state index >= 15 is 0 Å². The van der Waals surface area contributed by atoms with Gasteiger partial charge in [0.05, 0.1) is 0 Å². The Labute approximate surface area is 97.8 Å². The highest BCUT2D eigenvalue weighted by Crippen LogP contribution is 1.67. The van der Waals surface area contributed by atoms with E-state index in [1.807, 2.05) is 27.7 Å². The van der Waals surface area contributed by atoms with Gasteiger partial charge in [-0.3, -0.25) is 0 Å². The molecule has 0 radical (unpaired) electrons. The minimum absolute atomic E-state index is 1.50. The Morgan fingerprint density at radius 1 is 0.500 bits per heavy atom. The molecule has 0 saturated carbocycles. The SMILES string of the molecule is CC.CC.c1cncnc1.c1cncnc1. The van der Waals surface area contributed by atoms with Gasteiger partial charge in [0.15, 0.2) is 0 Å². The molecule has 0 atom stereocenters. The van der Waals surface area contributed by atoms with Crippen molar-refractivity contribution in [3.8, 4) is 0 Å². The molecule has 16 heavy (non-hydrogen) atoms. The summed E-state index contributed by atoms with van der Waals surface area (Å²) in [5.74, 6) is 0. The molecule has 2 heterocycles. The summed E-state index contributed by atoms with van der Waals surface area (Å²) in [6, 6.07) is 3.56. The zero-order chi connectivity index (χ0) is 12.5. The van der Waals surface area contributed by atoms with Gasteiger partial charge in [0.25, 0.3) is 0 Å². The molecule has 4 nitrogen and oxygen atoms in total. The molecule has 0 aliphatic rings. The first-order valence-corrected chi connectivity index (χ1v) is 5.40. The first-order chi connectivity index (χ1) is 8.00. The van der Waals surface area contributed by atoms with E-state index in [1.165, 1.54) is 12.7 Å². The second-order valence-electron chi connectivity index (χ2n) is 1.81. The van der Waals surface area contributed by atoms with Crippen molar-refractivity contribution in [3.05, 3.63) is 49.6 Å². The molecule has 4 heteroatoms. The summed E-state index contributed by atoms with van der Waals surface area (Å²) < 4.78 is 0. The summed E-state index contributed by atoms with van der Waals surface area (Å²) in [4.78, 5) is 14.7. The van der Waals surface area contributed by atoms with Gasteiger partial charge in [0.2, 0.25) is 0 Å². The van der Waals surface area contributed by atoms with E-state index in [4.69, 9.17) is 0 Å². The molecule has 0 saturated heterocycles. The Kier molecular flexibility index (Phi) is 19.5. The lowest BCUT2D eigenvalue weighted by atomic mass is 10.7. The van der Waals surface area contributed by atoms with Crippen LogP contribution in [0.1, 0.15) is 27.7 Å². The normalized spacial score (nSPS) is 6.75. The van der Waals surface area contributed by atoms with Crippen molar-refractivity contribution < 1.29 is 0 Å². The first kappa shape index (κ1) is 16.6. The van der Waals surface area contributed by atoms with Gasteiger partial charge in [-0.2, -0.15) is 0 Å². The van der Waals surface area contributed by atoms with Gasteiger partial charge in [0, 0.05) is 24.8 Å². The number of aromatic nitrogens is 4. The highest BCUT2D eigenvalue weighted by Gasteiger charge is 1.59. The quantitative estimate of drug-likeness (QED) is 0.684. The predicted octanol–water partition coefficient (Wildman–Crippen LogP) is 3.01. The van der Waals surface area contributed by atoms with Crippen LogP contribution in [0, 0.1) is 0 Å². The molecule has 0 bridgehead atoms. The number of hydrogen-bond donors (Lipinski definition) is 0. The van der Waals surface area contributed by atoms with E-state index in [2.05, 4.69) is 19.9 Å². The van der Waals surface area contributed by atoms with Crippen LogP contribution in [0.25, 0.3) is 0 Å². The molecule has 0 fully saturated rings. The fraction of sp³-hybridized carbons (Fsp3) is 0.333. The molecule has 88 valence electrons. The summed E-state index contributed by atoms with van der Waals surface area (Å²) in [6.07, 6.45) is 9.75. The lowest BCUT2D eigenvalue weighted by molar-refractivity contribution is 1.17. The molecule has 2 rings (SSSR count). The van der Waals surface area contributed by atoms with Crippen LogP contribution in [-0.4, -0.2) is 19.9 Å². The molecular formula is C12H20N4. The van der Waals surface area contributed by atoms with E-state index in [1.54, 1.807) is 36.9 Å². The van der Waals surface area contributed by atoms with Crippen molar-refractivity contribution in [2.75, 3.05) is 0 Å². The molecule has 0 aromatic carbocycles. The Morgan fingerprint density at radius 2 is 0.750 bits per heavy atom. The number of rotatable bonds is 0. The summed E-state index contributed by atoms with van der Waals surface area (Å²) >= 11 is 0. The van der Waals surface area contributed by atoms with Crippen LogP contribution < -0.4 is 0 Å². The van der Waals surface area contributed by atoms with E-state index < -0.39 is 0 Å². The fourth-order valence-corrected chi connectivity index (χ4v) is 0.507. The van der Waals surface area contributed by atoms with E-state index in [-0.39, 0.29) is 0 Å². The fourth-order valence-electron chi connectivity index (χ4n) is 0.507. The van der Waals surface area contributed by atoms with Crippen LogP contribution in [0.3, 0.4) is 0 Å². The van der Waals surface area contributed by atoms with E-state index in [9.17, 15) is 0 Å². The predicted molar refractivity (Wildman–Crippen MR) is 66.8 cm³/mol. The molecule has 0 amide bonds. The standard InChI is InChI=1S/2C4H4N2.2C2H6/c2*1-2-5-4-6-3-1;2*1-2/h2*1-4H;2*1-2H3. The van der Waals surface area contributed by atoms with Gasteiger partial charge in [-0.15, -0.1) is 0 Å². The van der Waals surface area contributed by atoms with Crippen LogP contribution in [0.15, 0.2) is 49.6 Å². The van der Waals surface area contributed by atoms with Gasteiger partial charge in [-0.05, 0) is 12.1 Å². The number of nitrogens with zero attached hydrogens (tertiary/aromatic N) is 4. The van der Waals surface area contributed by atoms with Gasteiger partial charge >= 0.3 is 0 Å². The summed E-state index contributed by atoms with van der Waals surface area (Å²) in [6.45, 7) is 8.00. The lowest BCUT2D eigenvalue weighted by Crippen LogP contribution is -1.66. The van der Waals surface area contributed by atoms with Gasteiger partial charge < -0.3 is 0 Å². The van der Waals surface area contributed by atoms with Crippen LogP contribution in [-0.2, 0) is 0 Å². The van der Waals surface area contributed by atoms with Gasteiger partial charge in [-0.1, -0.05) is 27.7 Å². The van der Waals surface area contributed by atoms with Crippen molar-refractivity contribution in [2.45, 2.75) is 27.7 Å². The Bertz CT molecular complexity index is 188. The average Bonchev–Trinajstić information content (AvgIpc) is 2.48. The zero-order valence-corrected chi connectivity index (χ0v) is 10.4. The topological polar surface area (TPSA) is 51.6 Å². The second kappa shape index (κ2) is 18.9. The maximum atomic E-state index is 3.67. The van der Waals surface area contributed by atoms with Crippen molar-refractivity contribution >= 4 is 0 Å². The van der Waals surface area contributed by atoms with Crippen LogP contribution in [0.2, 0.25) is 0 Å². The van der Waals surface area contributed by atoms with Crippen molar-refractivity contribution in [3.63, 3.8) is 0 Å². The van der Waals surface area contributed by atoms with Gasteiger partial charge in [-0.25, -0.2) is 19.9 Å². The summed E-state index contributed by atoms with van der Waals surface area (Å²) in [7, 11) is 0. The Balaban J connectivity index is 0. The van der Waals surface area contributed by atoms with Crippen LogP contribution in [0.5, 0.6) is 0 Å². The third kappa shape index (κ3) is 14.7. The Hall–Kier alpha value is -1.84. The summed E-state index contributed by atoms with van der Waals surface area (Å²) in [5, 5.41) is 0. The summed E-state index contributed by atoms with van der Waals surface area (Å²) in [5.41, 5.74) is 0. The van der Waals surface area contributed by atoms with Crippen molar-refractivity contribution in [1.29, 1.82) is 0 Å². The van der Waals surface area contributed by atoms with Crippen molar-refractivity contribution in [2.24, 2.45) is 0 Å².